The van der Waals surface area contributed by atoms with Crippen molar-refractivity contribution in [1.29, 1.82) is 0 Å². The van der Waals surface area contributed by atoms with Gasteiger partial charge in [-0.2, -0.15) is 0 Å². The molecular formula is C23H31FO3S3. The first-order chi connectivity index (χ1) is 14.1. The average molecular weight is 471 g/mol. The summed E-state index contributed by atoms with van der Waals surface area (Å²) in [4.78, 5) is 24.1. The van der Waals surface area contributed by atoms with Gasteiger partial charge >= 0.3 is 5.97 Å². The molecule has 0 spiro atoms. The van der Waals surface area contributed by atoms with E-state index < -0.39 is 23.2 Å². The van der Waals surface area contributed by atoms with E-state index in [0.29, 0.717) is 12.8 Å². The van der Waals surface area contributed by atoms with Gasteiger partial charge in [-0.1, -0.05) is 40.2 Å². The first kappa shape index (κ1) is 22.8. The molecule has 0 aliphatic heterocycles. The van der Waals surface area contributed by atoms with E-state index in [1.54, 1.807) is 22.9 Å². The first-order valence-electron chi connectivity index (χ1n) is 10.7. The van der Waals surface area contributed by atoms with Gasteiger partial charge in [-0.05, 0) is 75.0 Å². The lowest BCUT2D eigenvalue weighted by molar-refractivity contribution is -0.209. The topological polar surface area (TPSA) is 43.4 Å². The molecule has 3 nitrogen and oxygen atoms in total. The number of carbonyl (C=O) groups is 2. The maximum absolute atomic E-state index is 17.5. The molecule has 0 amide bonds. The highest BCUT2D eigenvalue weighted by atomic mass is 33.1. The van der Waals surface area contributed by atoms with Crippen LogP contribution in [-0.2, 0) is 14.3 Å². The summed E-state index contributed by atoms with van der Waals surface area (Å²) < 4.78 is 23.3. The van der Waals surface area contributed by atoms with Gasteiger partial charge in [0.15, 0.2) is 11.5 Å². The number of esters is 1. The van der Waals surface area contributed by atoms with Crippen LogP contribution in [0.3, 0.4) is 0 Å². The zero-order valence-electron chi connectivity index (χ0n) is 18.3. The van der Waals surface area contributed by atoms with Crippen molar-refractivity contribution in [3.63, 3.8) is 0 Å². The fourth-order valence-corrected chi connectivity index (χ4v) is 12.1. The maximum Gasteiger partial charge on any atom is 0.303 e. The van der Waals surface area contributed by atoms with Crippen LogP contribution < -0.4 is 0 Å². The molecule has 0 aromatic heterocycles. The predicted molar refractivity (Wildman–Crippen MR) is 125 cm³/mol. The van der Waals surface area contributed by atoms with Crippen LogP contribution in [0.4, 0.5) is 4.39 Å². The van der Waals surface area contributed by atoms with Gasteiger partial charge in [0.2, 0.25) is 0 Å². The molecular weight excluding hydrogens is 439 g/mol. The molecule has 4 aliphatic carbocycles. The smallest absolute Gasteiger partial charge is 0.303 e. The summed E-state index contributed by atoms with van der Waals surface area (Å²) in [6.45, 7) is 5.58. The Hall–Kier alpha value is -0.400. The Morgan fingerprint density at radius 1 is 1.23 bits per heavy atom. The van der Waals surface area contributed by atoms with Crippen LogP contribution in [-0.4, -0.2) is 40.1 Å². The van der Waals surface area contributed by atoms with Gasteiger partial charge in [0, 0.05) is 18.3 Å². The van der Waals surface area contributed by atoms with Gasteiger partial charge in [-0.25, -0.2) is 4.39 Å². The van der Waals surface area contributed by atoms with Crippen molar-refractivity contribution in [1.82, 2.24) is 0 Å². The molecule has 1 unspecified atom stereocenters. The van der Waals surface area contributed by atoms with Gasteiger partial charge in [0.25, 0.3) is 0 Å². The number of allylic oxidation sites excluding steroid dienone is 4. The molecule has 0 N–H and O–H groups in total. The quantitative estimate of drug-likeness (QED) is 0.285. The van der Waals surface area contributed by atoms with Gasteiger partial charge < -0.3 is 4.74 Å². The van der Waals surface area contributed by atoms with E-state index in [4.69, 9.17) is 4.74 Å². The van der Waals surface area contributed by atoms with Crippen molar-refractivity contribution in [2.45, 2.75) is 68.7 Å². The maximum atomic E-state index is 17.5. The molecule has 0 bridgehead atoms. The number of ketones is 1. The average Bonchev–Trinajstić information content (AvgIpc) is 2.96. The number of hydrogen-bond donors (Lipinski definition) is 0. The largest absolute Gasteiger partial charge is 0.459 e. The highest BCUT2D eigenvalue weighted by Gasteiger charge is 2.74. The Kier molecular flexibility index (Phi) is 5.76. The molecule has 4 rings (SSSR count). The van der Waals surface area contributed by atoms with Crippen LogP contribution >= 0.6 is 33.3 Å². The molecule has 0 radical (unpaired) electrons. The number of hydrogen-bond acceptors (Lipinski definition) is 6. The van der Waals surface area contributed by atoms with E-state index in [2.05, 4.69) is 19.4 Å². The lowest BCUT2D eigenvalue weighted by Gasteiger charge is -2.63. The number of carbonyl (C=O) groups excluding carboxylic acids is 2. The van der Waals surface area contributed by atoms with E-state index in [0.717, 1.165) is 24.8 Å². The number of alkyl halides is 1. The number of ether oxygens (including phenoxy) is 1. The van der Waals surface area contributed by atoms with Gasteiger partial charge in [0.05, 0.1) is 4.08 Å². The molecule has 3 fully saturated rings. The van der Waals surface area contributed by atoms with Gasteiger partial charge in [-0.3, -0.25) is 9.59 Å². The van der Waals surface area contributed by atoms with Crippen molar-refractivity contribution in [3.05, 3.63) is 23.8 Å². The van der Waals surface area contributed by atoms with Crippen molar-refractivity contribution < 1.29 is 18.7 Å². The Labute approximate surface area is 191 Å². The minimum Gasteiger partial charge on any atom is -0.459 e. The summed E-state index contributed by atoms with van der Waals surface area (Å²) >= 11 is 1.88. The van der Waals surface area contributed by atoms with Crippen molar-refractivity contribution in [3.8, 4) is 0 Å². The Morgan fingerprint density at radius 2 is 1.97 bits per heavy atom. The Balaban J connectivity index is 1.85. The van der Waals surface area contributed by atoms with Gasteiger partial charge in [0.1, 0.15) is 6.10 Å². The van der Waals surface area contributed by atoms with Crippen molar-refractivity contribution in [2.75, 3.05) is 12.5 Å². The van der Waals surface area contributed by atoms with Crippen LogP contribution in [0, 0.1) is 22.7 Å². The third-order valence-corrected chi connectivity index (χ3v) is 13.4. The van der Waals surface area contributed by atoms with E-state index in [1.807, 2.05) is 29.5 Å². The SMILES string of the molecule is CSS[C@@]1(SC)CC[C@H]2[C@@H]3CCC4=CC(=O)C=C[C@]4(C)C3(F)[C@@H](OC(C)=O)C[C@@]21C. The number of halogens is 1. The van der Waals surface area contributed by atoms with Crippen LogP contribution in [0.15, 0.2) is 23.8 Å². The highest BCUT2D eigenvalue weighted by Crippen LogP contribution is 2.74. The van der Waals surface area contributed by atoms with E-state index in [9.17, 15) is 9.59 Å². The van der Waals surface area contributed by atoms with Gasteiger partial charge in [-0.15, -0.1) is 11.8 Å². The molecule has 3 saturated carbocycles. The Morgan fingerprint density at radius 3 is 2.60 bits per heavy atom. The summed E-state index contributed by atoms with van der Waals surface area (Å²) in [6.07, 6.45) is 12.3. The summed E-state index contributed by atoms with van der Waals surface area (Å²) in [5.41, 5.74) is -1.90. The van der Waals surface area contributed by atoms with Crippen LogP contribution in [0.25, 0.3) is 0 Å². The standard InChI is InChI=1S/C23H31FO3S3/c1-14(25)27-19-13-21(3)17(9-11-22(21,28-4)30-29-5)18-7-6-15-12-16(26)8-10-20(15,2)23(18,19)24/h8,10,12,17-19H,6-7,9,11,13H2,1-5H3/t17-,18-,19-,20-,21-,22-,23?/m0/s1. The van der Waals surface area contributed by atoms with Crippen LogP contribution in [0.5, 0.6) is 0 Å². The van der Waals surface area contributed by atoms with E-state index in [-0.39, 0.29) is 27.1 Å². The summed E-state index contributed by atoms with van der Waals surface area (Å²) in [7, 11) is 3.67. The highest BCUT2D eigenvalue weighted by molar-refractivity contribution is 8.78. The second-order valence-electron chi connectivity index (χ2n) is 9.59. The summed E-state index contributed by atoms with van der Waals surface area (Å²) in [5.74, 6) is -0.477. The third kappa shape index (κ3) is 2.86. The van der Waals surface area contributed by atoms with Crippen molar-refractivity contribution in [2.24, 2.45) is 22.7 Å². The molecule has 0 aromatic carbocycles. The second-order valence-corrected chi connectivity index (χ2v) is 13.7. The molecule has 0 aromatic rings. The molecule has 7 heteroatoms. The first-order valence-corrected chi connectivity index (χ1v) is 14.4. The van der Waals surface area contributed by atoms with Crippen LogP contribution in [0.1, 0.15) is 52.9 Å². The fourth-order valence-electron chi connectivity index (χ4n) is 7.09. The van der Waals surface area contributed by atoms with E-state index in [1.165, 1.54) is 13.0 Å². The zero-order chi connectivity index (χ0) is 21.9. The Bertz CT molecular complexity index is 829. The minimum absolute atomic E-state index is 0.0216. The van der Waals surface area contributed by atoms with E-state index >= 15 is 4.39 Å². The number of fused-ring (bicyclic) bond motifs is 5. The second kappa shape index (κ2) is 7.58. The fraction of sp³-hybridized carbons (Fsp3) is 0.739. The van der Waals surface area contributed by atoms with Crippen molar-refractivity contribution >= 4 is 45.1 Å². The lowest BCUT2D eigenvalue weighted by Crippen LogP contribution is -2.68. The van der Waals surface area contributed by atoms with Crippen LogP contribution in [0.2, 0.25) is 0 Å². The third-order valence-electron chi connectivity index (χ3n) is 8.52. The molecule has 0 heterocycles. The monoisotopic (exact) mass is 470 g/mol. The predicted octanol–water partition coefficient (Wildman–Crippen LogP) is 6.00. The summed E-state index contributed by atoms with van der Waals surface area (Å²) in [5, 5.41) is 0. The molecule has 166 valence electrons. The number of thioether (sulfide) groups is 1. The molecule has 0 saturated heterocycles. The summed E-state index contributed by atoms with van der Waals surface area (Å²) in [6, 6.07) is 0. The normalized spacial score (nSPS) is 47.2. The minimum atomic E-state index is -1.71. The molecule has 30 heavy (non-hydrogen) atoms. The molecule has 4 aliphatic rings. The molecule has 7 atom stereocenters. The number of rotatable bonds is 4. The zero-order valence-corrected chi connectivity index (χ0v) is 20.8. The lowest BCUT2D eigenvalue weighted by atomic mass is 9.46.